The van der Waals surface area contributed by atoms with Crippen molar-refractivity contribution in [2.45, 2.75) is 38.1 Å². The van der Waals surface area contributed by atoms with Crippen molar-refractivity contribution in [2.75, 3.05) is 0 Å². The standard InChI is InChI=1S/C74H54N2/c1-7-19-49(20-8-1)55-33-38-72-68(45-55)66-36-35-64-65(74(66)76(72)63-43-60(53-27-15-5-16-28-53)40-61(44-63)54-29-17-6-18-30-54)34-31-57-47-70-69-46-56(50-21-9-2-10-22-50)32-37-71(69)75(73(70)48-67(57)64)62-41-58(51-23-11-3-12-24-51)39-59(42-62)52-25-13-4-14-26-52/h1-13,15-25,27-30,32-33,35-43,45-48,63H,14,26,31,34,44H2. The zero-order chi connectivity index (χ0) is 50.1. The number of nitrogens with zero attached hydrogens (tertiary/aromatic N) is 2. The van der Waals surface area contributed by atoms with E-state index in [4.69, 9.17) is 0 Å². The van der Waals surface area contributed by atoms with Crippen LogP contribution in [0.2, 0.25) is 0 Å². The fourth-order valence-corrected chi connectivity index (χ4v) is 13.0. The Kier molecular flexibility index (Phi) is 10.7. The third kappa shape index (κ3) is 7.55. The van der Waals surface area contributed by atoms with Crippen molar-refractivity contribution in [1.82, 2.24) is 9.13 Å². The van der Waals surface area contributed by atoms with Crippen LogP contribution in [0.3, 0.4) is 0 Å². The highest BCUT2D eigenvalue weighted by molar-refractivity contribution is 6.15. The maximum atomic E-state index is 2.73. The predicted octanol–water partition coefficient (Wildman–Crippen LogP) is 19.5. The van der Waals surface area contributed by atoms with Crippen LogP contribution >= 0.6 is 0 Å². The molecule has 10 aromatic carbocycles. The van der Waals surface area contributed by atoms with Crippen molar-refractivity contribution in [2.24, 2.45) is 0 Å². The van der Waals surface area contributed by atoms with Crippen molar-refractivity contribution in [1.29, 1.82) is 0 Å². The molecule has 2 nitrogen and oxygen atoms in total. The van der Waals surface area contributed by atoms with Gasteiger partial charge >= 0.3 is 0 Å². The lowest BCUT2D eigenvalue weighted by Crippen LogP contribution is -2.13. The largest absolute Gasteiger partial charge is 0.333 e. The van der Waals surface area contributed by atoms with E-state index in [2.05, 4.69) is 270 Å². The quantitative estimate of drug-likeness (QED) is 0.144. The van der Waals surface area contributed by atoms with E-state index in [1.807, 2.05) is 0 Å². The van der Waals surface area contributed by atoms with E-state index in [0.29, 0.717) is 0 Å². The molecule has 0 N–H and O–H groups in total. The molecule has 3 aliphatic rings. The summed E-state index contributed by atoms with van der Waals surface area (Å²) in [5, 5.41) is 5.20. The molecule has 1 atom stereocenters. The Hall–Kier alpha value is -9.24. The average molecular weight is 971 g/mol. The van der Waals surface area contributed by atoms with E-state index in [0.717, 1.165) is 32.1 Å². The summed E-state index contributed by atoms with van der Waals surface area (Å²) in [6.07, 6.45) is 16.7. The van der Waals surface area contributed by atoms with Gasteiger partial charge in [-0.1, -0.05) is 206 Å². The molecule has 2 heteroatoms. The number of aromatic nitrogens is 2. The average Bonchev–Trinajstić information content (AvgIpc) is 4.15. The lowest BCUT2D eigenvalue weighted by molar-refractivity contribution is 0.656. The maximum Gasteiger partial charge on any atom is 0.0572 e. The van der Waals surface area contributed by atoms with Gasteiger partial charge in [-0.05, 0) is 176 Å². The number of hydrogen-bond donors (Lipinski definition) is 0. The van der Waals surface area contributed by atoms with Gasteiger partial charge in [0.25, 0.3) is 0 Å². The summed E-state index contributed by atoms with van der Waals surface area (Å²) < 4.78 is 5.30. The molecule has 0 aliphatic heterocycles. The first kappa shape index (κ1) is 44.3. The Balaban J connectivity index is 0.982. The summed E-state index contributed by atoms with van der Waals surface area (Å²) >= 11 is 0. The van der Waals surface area contributed by atoms with Crippen LogP contribution in [0.15, 0.2) is 261 Å². The third-order valence-electron chi connectivity index (χ3n) is 16.6. The van der Waals surface area contributed by atoms with E-state index < -0.39 is 0 Å². The summed E-state index contributed by atoms with van der Waals surface area (Å²) in [5.74, 6) is 0. The normalized spacial score (nSPS) is 15.2. The highest BCUT2D eigenvalue weighted by Gasteiger charge is 2.29. The molecule has 0 amide bonds. The fraction of sp³-hybridized carbons (Fsp3) is 0.0811. The molecule has 0 spiro atoms. The third-order valence-corrected chi connectivity index (χ3v) is 16.6. The van der Waals surface area contributed by atoms with Crippen LogP contribution in [-0.4, -0.2) is 9.13 Å². The van der Waals surface area contributed by atoms with E-state index in [1.54, 1.807) is 0 Å². The van der Waals surface area contributed by atoms with E-state index >= 15 is 0 Å². The summed E-state index contributed by atoms with van der Waals surface area (Å²) in [6.45, 7) is 0. The van der Waals surface area contributed by atoms with Crippen molar-refractivity contribution >= 4 is 60.3 Å². The van der Waals surface area contributed by atoms with Gasteiger partial charge in [0.15, 0.2) is 0 Å². The van der Waals surface area contributed by atoms with Gasteiger partial charge in [-0.2, -0.15) is 0 Å². The molecule has 15 rings (SSSR count). The van der Waals surface area contributed by atoms with Crippen LogP contribution in [0.25, 0.3) is 111 Å². The number of benzene rings is 10. The molecule has 360 valence electrons. The number of rotatable bonds is 8. The second-order valence-corrected chi connectivity index (χ2v) is 21.0. The summed E-state index contributed by atoms with van der Waals surface area (Å²) in [7, 11) is 0. The second-order valence-electron chi connectivity index (χ2n) is 21.0. The van der Waals surface area contributed by atoms with E-state index in [-0.39, 0.29) is 6.04 Å². The van der Waals surface area contributed by atoms with Gasteiger partial charge in [-0.3, -0.25) is 0 Å². The van der Waals surface area contributed by atoms with E-state index in [9.17, 15) is 0 Å². The van der Waals surface area contributed by atoms with Crippen LogP contribution in [0.1, 0.15) is 53.1 Å². The molecule has 1 unspecified atom stereocenters. The number of hydrogen-bond acceptors (Lipinski definition) is 0. The van der Waals surface area contributed by atoms with Crippen LogP contribution in [0.4, 0.5) is 0 Å². The molecule has 0 saturated heterocycles. The minimum Gasteiger partial charge on any atom is -0.333 e. The highest BCUT2D eigenvalue weighted by atomic mass is 15.0. The molecular weight excluding hydrogens is 917 g/mol. The van der Waals surface area contributed by atoms with E-state index in [1.165, 1.54) is 138 Å². The SMILES string of the molecule is C1=CCCC(c2cc(-c3ccccc3)cc(-n3c4ccc(-c5ccccc5)cc4c4cc5c(cc43)-c3ccc4c6cc(-c7ccccc7)ccc6n(C6C=C(c7ccccc7)C=C(c7ccccc7)C6)c4c3CC5)c2)=C1. The Morgan fingerprint density at radius 3 is 1.63 bits per heavy atom. The molecule has 3 aliphatic carbocycles. The molecule has 0 radical (unpaired) electrons. The first-order valence-electron chi connectivity index (χ1n) is 27.1. The first-order valence-corrected chi connectivity index (χ1v) is 27.1. The van der Waals surface area contributed by atoms with Crippen LogP contribution in [0.5, 0.6) is 0 Å². The molecular formula is C74H54N2. The Morgan fingerprint density at radius 2 is 0.974 bits per heavy atom. The second kappa shape index (κ2) is 18.3. The Labute approximate surface area is 444 Å². The molecule has 0 fully saturated rings. The van der Waals surface area contributed by atoms with Crippen molar-refractivity contribution in [3.05, 3.63) is 289 Å². The molecule has 2 heterocycles. The fourth-order valence-electron chi connectivity index (χ4n) is 13.0. The highest BCUT2D eigenvalue weighted by Crippen LogP contribution is 2.48. The van der Waals surface area contributed by atoms with Gasteiger partial charge in [-0.25, -0.2) is 0 Å². The minimum atomic E-state index is 0.0792. The first-order chi connectivity index (χ1) is 37.7. The molecule has 76 heavy (non-hydrogen) atoms. The van der Waals surface area contributed by atoms with Gasteiger partial charge < -0.3 is 9.13 Å². The van der Waals surface area contributed by atoms with Gasteiger partial charge in [0.05, 0.1) is 22.6 Å². The van der Waals surface area contributed by atoms with Crippen LogP contribution < -0.4 is 0 Å². The van der Waals surface area contributed by atoms with Crippen molar-refractivity contribution < 1.29 is 0 Å². The summed E-state index contributed by atoms with van der Waals surface area (Å²) in [6, 6.07) is 86.3. The Bertz CT molecular complexity index is 4370. The lowest BCUT2D eigenvalue weighted by atomic mass is 9.83. The molecule has 2 aromatic heterocycles. The Morgan fingerprint density at radius 1 is 0.382 bits per heavy atom. The smallest absolute Gasteiger partial charge is 0.0572 e. The van der Waals surface area contributed by atoms with Gasteiger partial charge in [0.1, 0.15) is 0 Å². The number of allylic oxidation sites excluding steroid dienone is 8. The zero-order valence-electron chi connectivity index (χ0n) is 42.3. The van der Waals surface area contributed by atoms with Crippen LogP contribution in [0, 0.1) is 0 Å². The van der Waals surface area contributed by atoms with Gasteiger partial charge in [0.2, 0.25) is 0 Å². The molecule has 0 bridgehead atoms. The van der Waals surface area contributed by atoms with Crippen molar-refractivity contribution in [3.8, 4) is 50.2 Å². The minimum absolute atomic E-state index is 0.0792. The topological polar surface area (TPSA) is 9.86 Å². The summed E-state index contributed by atoms with van der Waals surface area (Å²) in [4.78, 5) is 0. The molecule has 12 aromatic rings. The number of fused-ring (bicyclic) bond motifs is 10. The lowest BCUT2D eigenvalue weighted by Gasteiger charge is -2.28. The van der Waals surface area contributed by atoms with Gasteiger partial charge in [0, 0.05) is 32.7 Å². The summed E-state index contributed by atoms with van der Waals surface area (Å²) in [5.41, 5.74) is 27.0. The maximum absolute atomic E-state index is 2.73. The predicted molar refractivity (Wildman–Crippen MR) is 322 cm³/mol. The molecule has 0 saturated carbocycles. The monoisotopic (exact) mass is 970 g/mol. The van der Waals surface area contributed by atoms with Crippen LogP contribution in [-0.2, 0) is 12.8 Å². The zero-order valence-corrected chi connectivity index (χ0v) is 42.3. The number of aryl methyl sites for hydroxylation is 2. The van der Waals surface area contributed by atoms with Gasteiger partial charge in [-0.15, -0.1) is 0 Å². The van der Waals surface area contributed by atoms with Crippen molar-refractivity contribution in [3.63, 3.8) is 0 Å².